The van der Waals surface area contributed by atoms with E-state index in [1.807, 2.05) is 30.4 Å². The molecule has 4 aliphatic carbocycles. The third kappa shape index (κ3) is 8.61. The topological polar surface area (TPSA) is 145 Å². The minimum atomic E-state index is -1.17. The first-order valence-corrected chi connectivity index (χ1v) is 22.2. The van der Waals surface area contributed by atoms with Crippen LogP contribution in [0.2, 0.25) is 5.02 Å². The van der Waals surface area contributed by atoms with Gasteiger partial charge in [0.25, 0.3) is 0 Å². The molecule has 6 fully saturated rings. The predicted octanol–water partition coefficient (Wildman–Crippen LogP) is 6.74. The number of Topliss-reactive ketones (excluding diaryl/α,β-unsaturated/α-hetero) is 1. The van der Waals surface area contributed by atoms with Crippen molar-refractivity contribution in [2.24, 2.45) is 29.1 Å². The van der Waals surface area contributed by atoms with Gasteiger partial charge in [0.05, 0.1) is 43.2 Å². The summed E-state index contributed by atoms with van der Waals surface area (Å²) >= 11 is 7.03. The zero-order valence-electron chi connectivity index (χ0n) is 33.3. The van der Waals surface area contributed by atoms with Crippen LogP contribution in [0, 0.1) is 29.1 Å². The predicted molar refractivity (Wildman–Crippen MR) is 215 cm³/mol. The Kier molecular flexibility index (Phi) is 11.4. The molecule has 13 heteroatoms. The normalized spacial score (nSPS) is 33.3. The number of amides is 1. The fourth-order valence-corrected chi connectivity index (χ4v) is 10.4. The van der Waals surface area contributed by atoms with E-state index in [0.29, 0.717) is 77.8 Å². The molecule has 4 heterocycles. The molecule has 1 aromatic carbocycles. The summed E-state index contributed by atoms with van der Waals surface area (Å²) in [7, 11) is 0. The number of allylic oxidation sites excluding steroid dienone is 2. The van der Waals surface area contributed by atoms with E-state index in [0.717, 1.165) is 76.7 Å². The molecule has 1 amide bonds. The molecule has 0 spiro atoms. The van der Waals surface area contributed by atoms with Crippen molar-refractivity contribution in [1.29, 1.82) is 0 Å². The third-order valence-corrected chi connectivity index (χ3v) is 14.3. The highest BCUT2D eigenvalue weighted by Gasteiger charge is 2.61. The smallest absolute Gasteiger partial charge is 0.310 e. The van der Waals surface area contributed by atoms with Crippen LogP contribution in [0.4, 0.5) is 0 Å². The average Bonchev–Trinajstić information content (AvgIpc) is 4.18. The first-order valence-electron chi connectivity index (χ1n) is 21.8. The molecule has 1 N–H and O–H groups in total. The maximum Gasteiger partial charge on any atom is 0.310 e. The van der Waals surface area contributed by atoms with E-state index in [-0.39, 0.29) is 55.5 Å². The zero-order valence-corrected chi connectivity index (χ0v) is 34.0. The Bertz CT molecular complexity index is 1940. The number of halogens is 1. The second-order valence-corrected chi connectivity index (χ2v) is 18.5. The maximum atomic E-state index is 14.7. The number of carbonyl (C=O) groups excluding carboxylic acids is 3. The number of benzene rings is 1. The molecule has 4 saturated carbocycles. The average molecular weight is 818 g/mol. The van der Waals surface area contributed by atoms with Crippen molar-refractivity contribution in [3.05, 3.63) is 41.1 Å². The Hall–Kier alpha value is -3.74. The van der Waals surface area contributed by atoms with Gasteiger partial charge in [-0.05, 0) is 87.7 Å². The van der Waals surface area contributed by atoms with Gasteiger partial charge in [-0.25, -0.2) is 0 Å². The number of aromatic nitrogens is 1. The van der Waals surface area contributed by atoms with E-state index in [1.54, 1.807) is 4.90 Å². The standard InChI is InChI=1S/C45H56ClN3O9/c46-41-38(56-17-14-48-12-15-55-16-13-48)11-10-34-39(23-35(27-8-9-27)47-42(34)41)57-33-22-36-37(50)25-45(44(53)54)24-31(45)7-5-3-1-2-4-6-28(43(52)49(36)26-33)21-40(51)58-32-19-29-18-30(29)20-32/h5,7,10-11,23,27-33,36H,1-4,6,8-9,12-22,24-26H2,(H,53,54)/b7-5-/t28-,29?,30?,31-,32?,33-,36+,45-/m1/s1. The molecule has 7 atom stereocenters. The van der Waals surface area contributed by atoms with Crippen molar-refractivity contribution in [3.8, 4) is 11.5 Å². The van der Waals surface area contributed by atoms with E-state index in [1.165, 1.54) is 6.42 Å². The van der Waals surface area contributed by atoms with Crippen molar-refractivity contribution in [1.82, 2.24) is 14.8 Å². The van der Waals surface area contributed by atoms with Gasteiger partial charge >= 0.3 is 11.9 Å². The molecule has 2 aromatic rings. The van der Waals surface area contributed by atoms with Crippen molar-refractivity contribution < 1.29 is 43.2 Å². The number of hydrogen-bond acceptors (Lipinski definition) is 10. The number of hydrogen-bond donors (Lipinski definition) is 1. The zero-order chi connectivity index (χ0) is 40.0. The molecular formula is C45H56ClN3O9. The highest BCUT2D eigenvalue weighted by atomic mass is 35.5. The molecule has 1 aromatic heterocycles. The lowest BCUT2D eigenvalue weighted by Crippen LogP contribution is -2.45. The Balaban J connectivity index is 0.970. The number of ether oxygens (including phenoxy) is 4. The van der Waals surface area contributed by atoms with E-state index in [4.69, 9.17) is 35.5 Å². The van der Waals surface area contributed by atoms with Gasteiger partial charge in [-0.1, -0.05) is 36.6 Å². The Morgan fingerprint density at radius 3 is 2.57 bits per heavy atom. The molecule has 312 valence electrons. The second-order valence-electron chi connectivity index (χ2n) is 18.1. The van der Waals surface area contributed by atoms with Gasteiger partial charge in [0.15, 0.2) is 5.78 Å². The monoisotopic (exact) mass is 817 g/mol. The summed E-state index contributed by atoms with van der Waals surface area (Å²) < 4.78 is 24.4. The molecule has 2 saturated heterocycles. The lowest BCUT2D eigenvalue weighted by atomic mass is 9.91. The van der Waals surface area contributed by atoms with Crippen molar-refractivity contribution in [2.45, 2.75) is 114 Å². The fourth-order valence-electron chi connectivity index (χ4n) is 10.1. The lowest BCUT2D eigenvalue weighted by Gasteiger charge is -2.28. The highest BCUT2D eigenvalue weighted by Crippen LogP contribution is 2.57. The van der Waals surface area contributed by atoms with Gasteiger partial charge < -0.3 is 29.0 Å². The van der Waals surface area contributed by atoms with Crippen LogP contribution in [-0.4, -0.2) is 108 Å². The van der Waals surface area contributed by atoms with E-state index in [2.05, 4.69) is 4.90 Å². The van der Waals surface area contributed by atoms with E-state index in [9.17, 15) is 24.3 Å². The Morgan fingerprint density at radius 2 is 1.79 bits per heavy atom. The van der Waals surface area contributed by atoms with Crippen LogP contribution in [0.3, 0.4) is 0 Å². The quantitative estimate of drug-likeness (QED) is 0.190. The molecular weight excluding hydrogens is 762 g/mol. The van der Waals surface area contributed by atoms with Gasteiger partial charge in [0.1, 0.15) is 35.3 Å². The number of rotatable bonds is 11. The summed E-state index contributed by atoms with van der Waals surface area (Å²) in [5, 5.41) is 11.5. The van der Waals surface area contributed by atoms with Crippen LogP contribution in [0.15, 0.2) is 30.4 Å². The Labute approximate surface area is 344 Å². The number of pyridine rings is 1. The molecule has 58 heavy (non-hydrogen) atoms. The lowest BCUT2D eigenvalue weighted by molar-refractivity contribution is -0.154. The number of carboxylic acids is 1. The number of nitrogens with zero attached hydrogens (tertiary/aromatic N) is 3. The number of fused-ring (bicyclic) bond motifs is 4. The van der Waals surface area contributed by atoms with Gasteiger partial charge in [0.2, 0.25) is 5.91 Å². The summed E-state index contributed by atoms with van der Waals surface area (Å²) in [6.45, 7) is 4.52. The summed E-state index contributed by atoms with van der Waals surface area (Å²) in [5.41, 5.74) is 0.287. The van der Waals surface area contributed by atoms with Crippen LogP contribution in [0.25, 0.3) is 10.9 Å². The summed E-state index contributed by atoms with van der Waals surface area (Å²) in [6, 6.07) is 4.82. The second kappa shape index (κ2) is 16.7. The first kappa shape index (κ1) is 39.7. The fraction of sp³-hybridized carbons (Fsp3) is 0.667. The molecule has 9 rings (SSSR count). The molecule has 2 unspecified atom stereocenters. The number of carboxylic acid groups (broad SMARTS) is 1. The van der Waals surface area contributed by atoms with Crippen LogP contribution in [-0.2, 0) is 28.7 Å². The molecule has 0 bridgehead atoms. The first-order chi connectivity index (χ1) is 28.1. The van der Waals surface area contributed by atoms with Crippen LogP contribution >= 0.6 is 11.6 Å². The summed E-state index contributed by atoms with van der Waals surface area (Å²) in [5.74, 6) is -0.0110. The van der Waals surface area contributed by atoms with Gasteiger partial charge in [0, 0.05) is 61.5 Å². The third-order valence-electron chi connectivity index (χ3n) is 13.9. The van der Waals surface area contributed by atoms with Gasteiger partial charge in [-0.3, -0.25) is 29.1 Å². The van der Waals surface area contributed by atoms with Crippen molar-refractivity contribution in [3.63, 3.8) is 0 Å². The SMILES string of the molecule is O=C(C[C@H]1CCCCC/C=C\[C@@H]2C[C@@]2(C(=O)O)CC(=O)[C@@H]2C[C@@H](Oc3cc(C4CC4)nc4c(Cl)c(OCCN5CCOCC5)ccc34)CN2C1=O)OC1CC2CC2C1. The van der Waals surface area contributed by atoms with Crippen LogP contribution < -0.4 is 9.47 Å². The largest absolute Gasteiger partial charge is 0.491 e. The molecule has 7 aliphatic rings. The minimum absolute atomic E-state index is 0.0380. The number of morpholine rings is 1. The van der Waals surface area contributed by atoms with Crippen LogP contribution in [0.5, 0.6) is 11.5 Å². The molecule has 0 radical (unpaired) electrons. The highest BCUT2D eigenvalue weighted by molar-refractivity contribution is 6.36. The van der Waals surface area contributed by atoms with E-state index < -0.39 is 29.4 Å². The molecule has 12 nitrogen and oxygen atoms in total. The summed E-state index contributed by atoms with van der Waals surface area (Å²) in [6.07, 6.45) is 12.7. The number of ketones is 1. The summed E-state index contributed by atoms with van der Waals surface area (Å²) in [4.78, 5) is 64.0. The van der Waals surface area contributed by atoms with Crippen molar-refractivity contribution >= 4 is 46.1 Å². The maximum absolute atomic E-state index is 14.7. The molecule has 3 aliphatic heterocycles. The number of carbonyl (C=O) groups is 4. The van der Waals surface area contributed by atoms with Gasteiger partial charge in [-0.15, -0.1) is 0 Å². The van der Waals surface area contributed by atoms with E-state index >= 15 is 0 Å². The number of aliphatic carboxylic acids is 1. The minimum Gasteiger partial charge on any atom is -0.491 e. The van der Waals surface area contributed by atoms with Crippen LogP contribution in [0.1, 0.15) is 102 Å². The van der Waals surface area contributed by atoms with Crippen molar-refractivity contribution in [2.75, 3.05) is 46.0 Å². The Morgan fingerprint density at radius 1 is 0.983 bits per heavy atom. The van der Waals surface area contributed by atoms with Gasteiger partial charge in [-0.2, -0.15) is 0 Å². The number of esters is 1.